The number of aliphatic hydroxyl groups is 2. The maximum Gasteiger partial charge on any atom is 0.306 e. The second-order valence-electron chi connectivity index (χ2n) is 19.3. The summed E-state index contributed by atoms with van der Waals surface area (Å²) < 4.78 is 5.95. The van der Waals surface area contributed by atoms with Crippen molar-refractivity contribution in [2.24, 2.45) is 0 Å². The Hall–Kier alpha value is -2.44. The molecule has 0 aliphatic carbocycles. The molecule has 0 bridgehead atoms. The molecule has 384 valence electrons. The van der Waals surface area contributed by atoms with Crippen LogP contribution >= 0.6 is 0 Å². The zero-order valence-electron chi connectivity index (χ0n) is 43.8. The van der Waals surface area contributed by atoms with Gasteiger partial charge in [-0.3, -0.25) is 9.59 Å². The summed E-state index contributed by atoms with van der Waals surface area (Å²) in [5, 5.41) is 23.8. The average Bonchev–Trinajstić information content (AvgIpc) is 3.31. The Kier molecular flexibility index (Phi) is 51.5. The molecule has 0 aromatic heterocycles. The normalized spacial score (nSPS) is 13.6. The highest BCUT2D eigenvalue weighted by molar-refractivity contribution is 5.77. The molecular formula is C60H109NO5. The van der Waals surface area contributed by atoms with Gasteiger partial charge in [-0.2, -0.15) is 0 Å². The van der Waals surface area contributed by atoms with Crippen molar-refractivity contribution in [3.63, 3.8) is 0 Å². The number of nitrogens with one attached hydrogen (secondary N) is 1. The van der Waals surface area contributed by atoms with Crippen LogP contribution in [-0.4, -0.2) is 46.9 Å². The lowest BCUT2D eigenvalue weighted by Gasteiger charge is -2.24. The number of esters is 1. The van der Waals surface area contributed by atoms with Gasteiger partial charge in [-0.1, -0.05) is 236 Å². The third-order valence-electron chi connectivity index (χ3n) is 12.8. The van der Waals surface area contributed by atoms with Crippen molar-refractivity contribution in [2.45, 2.75) is 302 Å². The highest BCUT2D eigenvalue weighted by atomic mass is 16.5. The van der Waals surface area contributed by atoms with Crippen LogP contribution in [-0.2, 0) is 14.3 Å². The molecular weight excluding hydrogens is 815 g/mol. The molecule has 0 heterocycles. The molecule has 0 rings (SSSR count). The summed E-state index contributed by atoms with van der Waals surface area (Å²) in [6, 6.07) is -0.711. The van der Waals surface area contributed by atoms with Crippen molar-refractivity contribution in [3.05, 3.63) is 60.8 Å². The predicted molar refractivity (Wildman–Crippen MR) is 287 cm³/mol. The molecule has 0 saturated heterocycles. The topological polar surface area (TPSA) is 95.9 Å². The number of allylic oxidation sites excluding steroid dienone is 10. The predicted octanol–water partition coefficient (Wildman–Crippen LogP) is 17.6. The molecule has 0 aromatic rings. The van der Waals surface area contributed by atoms with Gasteiger partial charge >= 0.3 is 5.97 Å². The Morgan fingerprint density at radius 2 is 0.773 bits per heavy atom. The second kappa shape index (κ2) is 53.5. The highest BCUT2D eigenvalue weighted by Crippen LogP contribution is 2.18. The summed E-state index contributed by atoms with van der Waals surface area (Å²) in [4.78, 5) is 26.2. The SMILES string of the molecule is CCCCC/C=C\C/C=C\C/C=C\C/C=C\CCCCCC(=O)OC(CCCCCCCCC/C=C/CCCCCCCC)CC(=O)NC(CO)C(O)CCCCCCCCCCCCC. The number of carbonyl (C=O) groups excluding carboxylic acids is 2. The summed E-state index contributed by atoms with van der Waals surface area (Å²) >= 11 is 0. The van der Waals surface area contributed by atoms with Gasteiger partial charge in [0.2, 0.25) is 5.91 Å². The molecule has 3 unspecified atom stereocenters. The lowest BCUT2D eigenvalue weighted by molar-refractivity contribution is -0.151. The second-order valence-corrected chi connectivity index (χ2v) is 19.3. The van der Waals surface area contributed by atoms with E-state index in [0.717, 1.165) is 83.5 Å². The minimum Gasteiger partial charge on any atom is -0.462 e. The lowest BCUT2D eigenvalue weighted by atomic mass is 10.0. The first kappa shape index (κ1) is 63.6. The summed E-state index contributed by atoms with van der Waals surface area (Å²) in [7, 11) is 0. The van der Waals surface area contributed by atoms with E-state index in [1.165, 1.54) is 154 Å². The van der Waals surface area contributed by atoms with Crippen LogP contribution in [0.2, 0.25) is 0 Å². The van der Waals surface area contributed by atoms with E-state index in [1.54, 1.807) is 0 Å². The van der Waals surface area contributed by atoms with E-state index < -0.39 is 18.2 Å². The quantitative estimate of drug-likeness (QED) is 0.0321. The maximum atomic E-state index is 13.2. The van der Waals surface area contributed by atoms with E-state index in [1.807, 2.05) is 0 Å². The smallest absolute Gasteiger partial charge is 0.306 e. The fourth-order valence-electron chi connectivity index (χ4n) is 8.47. The van der Waals surface area contributed by atoms with Gasteiger partial charge in [-0.05, 0) is 96.3 Å². The molecule has 0 fully saturated rings. The number of unbranched alkanes of at least 4 members (excludes halogenated alkanes) is 29. The standard InChI is InChI=1S/C60H109NO5/c1-4-7-10-13-16-19-22-24-26-28-29-31-33-35-38-41-44-47-50-53-60(65)66-56(51-48-45-42-39-37-34-32-30-27-25-23-20-17-14-11-8-5-2)54-59(64)61-57(55-62)58(63)52-49-46-43-40-36-21-18-15-12-9-6-3/h16,19,24-27,29,31,35,38,56-58,62-63H,4-15,17-18,20-23,28,30,32-34,36-37,39-55H2,1-3H3,(H,61,64)/b19-16-,26-24-,27-25+,31-29-,38-35-. The molecule has 0 saturated carbocycles. The lowest BCUT2D eigenvalue weighted by Crippen LogP contribution is -2.46. The Bertz CT molecular complexity index is 1170. The van der Waals surface area contributed by atoms with Gasteiger partial charge in [0.05, 0.1) is 25.2 Å². The molecule has 66 heavy (non-hydrogen) atoms. The third kappa shape index (κ3) is 48.0. The monoisotopic (exact) mass is 924 g/mol. The van der Waals surface area contributed by atoms with Crippen molar-refractivity contribution < 1.29 is 24.5 Å². The van der Waals surface area contributed by atoms with Crippen LogP contribution in [0.3, 0.4) is 0 Å². The minimum atomic E-state index is -0.796. The van der Waals surface area contributed by atoms with Crippen molar-refractivity contribution in [1.29, 1.82) is 0 Å². The maximum absolute atomic E-state index is 13.2. The molecule has 6 heteroatoms. The van der Waals surface area contributed by atoms with Crippen molar-refractivity contribution in [2.75, 3.05) is 6.61 Å². The van der Waals surface area contributed by atoms with Crippen molar-refractivity contribution in [3.8, 4) is 0 Å². The number of aliphatic hydroxyl groups excluding tert-OH is 2. The molecule has 0 aliphatic heterocycles. The van der Waals surface area contributed by atoms with Gasteiger partial charge in [-0.15, -0.1) is 0 Å². The molecule has 0 radical (unpaired) electrons. The van der Waals surface area contributed by atoms with Crippen molar-refractivity contribution in [1.82, 2.24) is 5.32 Å². The summed E-state index contributed by atoms with van der Waals surface area (Å²) in [5.41, 5.74) is 0. The molecule has 0 aromatic carbocycles. The Balaban J connectivity index is 4.63. The highest BCUT2D eigenvalue weighted by Gasteiger charge is 2.24. The zero-order valence-corrected chi connectivity index (χ0v) is 43.8. The Morgan fingerprint density at radius 1 is 0.439 bits per heavy atom. The summed E-state index contributed by atoms with van der Waals surface area (Å²) in [5.74, 6) is -0.508. The Labute approximate surface area is 409 Å². The van der Waals surface area contributed by atoms with E-state index in [2.05, 4.69) is 86.8 Å². The van der Waals surface area contributed by atoms with Crippen LogP contribution in [0.25, 0.3) is 0 Å². The molecule has 1 amide bonds. The summed E-state index contributed by atoms with van der Waals surface area (Å²) in [6.45, 7) is 6.45. The zero-order chi connectivity index (χ0) is 48.1. The van der Waals surface area contributed by atoms with E-state index in [-0.39, 0.29) is 24.9 Å². The van der Waals surface area contributed by atoms with Gasteiger partial charge < -0.3 is 20.3 Å². The van der Waals surface area contributed by atoms with Gasteiger partial charge in [0.1, 0.15) is 6.10 Å². The number of rotatable bonds is 51. The summed E-state index contributed by atoms with van der Waals surface area (Å²) in [6.07, 6.45) is 67.1. The van der Waals surface area contributed by atoms with Crippen LogP contribution in [0.1, 0.15) is 284 Å². The number of amides is 1. The largest absolute Gasteiger partial charge is 0.462 e. The number of ether oxygens (including phenoxy) is 1. The fraction of sp³-hybridized carbons (Fsp3) is 0.800. The van der Waals surface area contributed by atoms with Crippen LogP contribution in [0.4, 0.5) is 0 Å². The molecule has 3 N–H and O–H groups in total. The van der Waals surface area contributed by atoms with Crippen molar-refractivity contribution >= 4 is 11.9 Å². The van der Waals surface area contributed by atoms with Gasteiger partial charge in [-0.25, -0.2) is 0 Å². The minimum absolute atomic E-state index is 0.0614. The first-order valence-corrected chi connectivity index (χ1v) is 28.5. The molecule has 6 nitrogen and oxygen atoms in total. The first-order chi connectivity index (χ1) is 32.5. The van der Waals surface area contributed by atoms with Gasteiger partial charge in [0.25, 0.3) is 0 Å². The van der Waals surface area contributed by atoms with Gasteiger partial charge in [0.15, 0.2) is 0 Å². The third-order valence-corrected chi connectivity index (χ3v) is 12.8. The number of carbonyl (C=O) groups is 2. The van der Waals surface area contributed by atoms with Crippen LogP contribution in [0.15, 0.2) is 60.8 Å². The first-order valence-electron chi connectivity index (χ1n) is 28.5. The van der Waals surface area contributed by atoms with Crippen LogP contribution < -0.4 is 5.32 Å². The van der Waals surface area contributed by atoms with Crippen LogP contribution in [0.5, 0.6) is 0 Å². The van der Waals surface area contributed by atoms with E-state index in [9.17, 15) is 19.8 Å². The Morgan fingerprint density at radius 3 is 1.21 bits per heavy atom. The van der Waals surface area contributed by atoms with E-state index in [0.29, 0.717) is 19.3 Å². The number of hydrogen-bond donors (Lipinski definition) is 3. The van der Waals surface area contributed by atoms with Gasteiger partial charge in [0, 0.05) is 6.42 Å². The van der Waals surface area contributed by atoms with Crippen LogP contribution in [0, 0.1) is 0 Å². The molecule has 3 atom stereocenters. The molecule has 0 aliphatic rings. The molecule has 0 spiro atoms. The fourth-order valence-corrected chi connectivity index (χ4v) is 8.47. The van der Waals surface area contributed by atoms with E-state index >= 15 is 0 Å². The number of hydrogen-bond acceptors (Lipinski definition) is 5. The van der Waals surface area contributed by atoms with E-state index in [4.69, 9.17) is 4.74 Å². The average molecular weight is 925 g/mol.